The van der Waals surface area contributed by atoms with Crippen molar-refractivity contribution in [2.75, 3.05) is 13.2 Å². The fourth-order valence-electron chi connectivity index (χ4n) is 2.75. The maximum Gasteiger partial charge on any atom is 0.245 e. The third kappa shape index (κ3) is 2.77. The van der Waals surface area contributed by atoms with Crippen LogP contribution in [0.15, 0.2) is 0 Å². The molecular weight excluding hydrogens is 220 g/mol. The molecule has 2 N–H and O–H groups in total. The van der Waals surface area contributed by atoms with Gasteiger partial charge in [-0.2, -0.15) is 0 Å². The largest absolute Gasteiger partial charge is 0.396 e. The Balaban J connectivity index is 1.91. The van der Waals surface area contributed by atoms with Gasteiger partial charge in [-0.05, 0) is 32.1 Å². The van der Waals surface area contributed by atoms with Gasteiger partial charge in [0.25, 0.3) is 0 Å². The van der Waals surface area contributed by atoms with Gasteiger partial charge in [-0.15, -0.1) is 0 Å². The quantitative estimate of drug-likeness (QED) is 0.728. The maximum atomic E-state index is 12.2. The molecule has 0 aromatic rings. The van der Waals surface area contributed by atoms with Gasteiger partial charge < -0.3 is 15.3 Å². The molecule has 0 aliphatic carbocycles. The zero-order chi connectivity index (χ0) is 12.3. The first kappa shape index (κ1) is 12.4. The standard InChI is InChI=1S/C12H20N2O3/c15-8-2-4-9-3-1-7-14(9)12(17)10-5-6-11(16)13-10/h9-10,15H,1-8H2,(H,13,16)/t9?,10-/m1/s1. The average molecular weight is 240 g/mol. The van der Waals surface area contributed by atoms with Gasteiger partial charge >= 0.3 is 0 Å². The number of amides is 2. The number of likely N-dealkylation sites (tertiary alicyclic amines) is 1. The number of carbonyl (C=O) groups excluding carboxylic acids is 2. The van der Waals surface area contributed by atoms with Crippen LogP contribution in [0.4, 0.5) is 0 Å². The summed E-state index contributed by atoms with van der Waals surface area (Å²) in [5.41, 5.74) is 0. The number of nitrogens with zero attached hydrogens (tertiary/aromatic N) is 1. The van der Waals surface area contributed by atoms with Crippen LogP contribution < -0.4 is 5.32 Å². The first-order valence-electron chi connectivity index (χ1n) is 6.43. The monoisotopic (exact) mass is 240 g/mol. The molecule has 1 unspecified atom stereocenters. The smallest absolute Gasteiger partial charge is 0.245 e. The number of nitrogens with one attached hydrogen (secondary N) is 1. The topological polar surface area (TPSA) is 69.6 Å². The highest BCUT2D eigenvalue weighted by Crippen LogP contribution is 2.23. The normalized spacial score (nSPS) is 28.5. The van der Waals surface area contributed by atoms with Crippen LogP contribution in [0, 0.1) is 0 Å². The van der Waals surface area contributed by atoms with E-state index in [1.54, 1.807) is 0 Å². The van der Waals surface area contributed by atoms with Gasteiger partial charge in [-0.1, -0.05) is 0 Å². The second-order valence-corrected chi connectivity index (χ2v) is 4.85. The van der Waals surface area contributed by atoms with Crippen molar-refractivity contribution in [3.63, 3.8) is 0 Å². The average Bonchev–Trinajstić information content (AvgIpc) is 2.94. The molecule has 2 rings (SSSR count). The van der Waals surface area contributed by atoms with Crippen molar-refractivity contribution in [1.82, 2.24) is 10.2 Å². The molecule has 17 heavy (non-hydrogen) atoms. The minimum absolute atomic E-state index is 0.0190. The van der Waals surface area contributed by atoms with E-state index in [-0.39, 0.29) is 30.5 Å². The predicted octanol–water partition coefficient (Wildman–Crippen LogP) is 0.0285. The van der Waals surface area contributed by atoms with Crippen LogP contribution >= 0.6 is 0 Å². The van der Waals surface area contributed by atoms with Crippen LogP contribution in [0.2, 0.25) is 0 Å². The lowest BCUT2D eigenvalue weighted by molar-refractivity contribution is -0.135. The third-order valence-electron chi connectivity index (χ3n) is 3.65. The Labute approximate surface area is 101 Å². The van der Waals surface area contributed by atoms with Crippen molar-refractivity contribution in [3.8, 4) is 0 Å². The Morgan fingerprint density at radius 1 is 1.47 bits per heavy atom. The molecule has 2 atom stereocenters. The number of aliphatic hydroxyl groups excluding tert-OH is 1. The molecule has 2 aliphatic rings. The van der Waals surface area contributed by atoms with E-state index in [9.17, 15) is 9.59 Å². The van der Waals surface area contributed by atoms with Crippen molar-refractivity contribution in [1.29, 1.82) is 0 Å². The molecule has 0 aromatic heterocycles. The highest BCUT2D eigenvalue weighted by Gasteiger charge is 2.35. The number of carbonyl (C=O) groups is 2. The lowest BCUT2D eigenvalue weighted by Crippen LogP contribution is -2.46. The molecule has 5 heteroatoms. The Bertz CT molecular complexity index is 306. The van der Waals surface area contributed by atoms with Crippen LogP contribution in [0.1, 0.15) is 38.5 Å². The van der Waals surface area contributed by atoms with Gasteiger partial charge in [0.05, 0.1) is 0 Å². The lowest BCUT2D eigenvalue weighted by atomic mass is 10.1. The number of hydrogen-bond donors (Lipinski definition) is 2. The number of aliphatic hydroxyl groups is 1. The fraction of sp³-hybridized carbons (Fsp3) is 0.833. The van der Waals surface area contributed by atoms with E-state index >= 15 is 0 Å². The van der Waals surface area contributed by atoms with E-state index in [1.165, 1.54) is 0 Å². The Morgan fingerprint density at radius 2 is 2.29 bits per heavy atom. The van der Waals surface area contributed by atoms with Gasteiger partial charge in [-0.3, -0.25) is 9.59 Å². The van der Waals surface area contributed by atoms with E-state index in [0.29, 0.717) is 12.8 Å². The highest BCUT2D eigenvalue weighted by molar-refractivity contribution is 5.91. The van der Waals surface area contributed by atoms with E-state index in [2.05, 4.69) is 5.32 Å². The molecule has 2 fully saturated rings. The summed E-state index contributed by atoms with van der Waals surface area (Å²) in [5, 5.41) is 11.6. The summed E-state index contributed by atoms with van der Waals surface area (Å²) in [6.45, 7) is 0.972. The van der Waals surface area contributed by atoms with Crippen LogP contribution in [-0.4, -0.2) is 47.1 Å². The number of rotatable bonds is 4. The van der Waals surface area contributed by atoms with Gasteiger partial charge in [0.15, 0.2) is 0 Å². The van der Waals surface area contributed by atoms with Gasteiger partial charge in [0.2, 0.25) is 11.8 Å². The summed E-state index contributed by atoms with van der Waals surface area (Å²) < 4.78 is 0. The van der Waals surface area contributed by atoms with Gasteiger partial charge in [0.1, 0.15) is 6.04 Å². The molecule has 2 saturated heterocycles. The zero-order valence-corrected chi connectivity index (χ0v) is 10.0. The second-order valence-electron chi connectivity index (χ2n) is 4.85. The van der Waals surface area contributed by atoms with Crippen molar-refractivity contribution in [3.05, 3.63) is 0 Å². The molecule has 2 heterocycles. The maximum absolute atomic E-state index is 12.2. The molecular formula is C12H20N2O3. The van der Waals surface area contributed by atoms with Crippen LogP contribution in [-0.2, 0) is 9.59 Å². The van der Waals surface area contributed by atoms with Crippen LogP contribution in [0.3, 0.4) is 0 Å². The Morgan fingerprint density at radius 3 is 2.94 bits per heavy atom. The summed E-state index contributed by atoms with van der Waals surface area (Å²) in [4.78, 5) is 25.2. The van der Waals surface area contributed by atoms with Crippen LogP contribution in [0.25, 0.3) is 0 Å². The molecule has 0 saturated carbocycles. The first-order valence-corrected chi connectivity index (χ1v) is 6.43. The highest BCUT2D eigenvalue weighted by atomic mass is 16.3. The SMILES string of the molecule is O=C1CC[C@H](C(=O)N2CCCC2CCCO)N1. The van der Waals surface area contributed by atoms with Crippen molar-refractivity contribution < 1.29 is 14.7 Å². The van der Waals surface area contributed by atoms with Crippen molar-refractivity contribution in [2.45, 2.75) is 50.6 Å². The lowest BCUT2D eigenvalue weighted by Gasteiger charge is -2.27. The van der Waals surface area contributed by atoms with E-state index < -0.39 is 0 Å². The molecule has 0 bridgehead atoms. The molecule has 0 radical (unpaired) electrons. The minimum Gasteiger partial charge on any atom is -0.396 e. The number of hydrogen-bond acceptors (Lipinski definition) is 3. The van der Waals surface area contributed by atoms with E-state index in [4.69, 9.17) is 5.11 Å². The summed E-state index contributed by atoms with van der Waals surface area (Å²) in [6, 6.07) is -0.0515. The fourth-order valence-corrected chi connectivity index (χ4v) is 2.75. The summed E-state index contributed by atoms with van der Waals surface area (Å²) in [5.74, 6) is 0.0470. The molecule has 0 spiro atoms. The summed E-state index contributed by atoms with van der Waals surface area (Å²) in [7, 11) is 0. The first-order chi connectivity index (χ1) is 8.22. The van der Waals surface area contributed by atoms with Gasteiger partial charge in [-0.25, -0.2) is 0 Å². The van der Waals surface area contributed by atoms with Crippen molar-refractivity contribution in [2.24, 2.45) is 0 Å². The second kappa shape index (κ2) is 5.49. The predicted molar refractivity (Wildman–Crippen MR) is 62.2 cm³/mol. The molecule has 2 aliphatic heterocycles. The molecule has 5 nitrogen and oxygen atoms in total. The van der Waals surface area contributed by atoms with Crippen LogP contribution in [0.5, 0.6) is 0 Å². The molecule has 0 aromatic carbocycles. The summed E-state index contributed by atoms with van der Waals surface area (Å²) in [6.07, 6.45) is 4.75. The van der Waals surface area contributed by atoms with E-state index in [1.807, 2.05) is 4.90 Å². The Kier molecular flexibility index (Phi) is 3.99. The minimum atomic E-state index is -0.308. The van der Waals surface area contributed by atoms with Crippen molar-refractivity contribution >= 4 is 11.8 Å². The summed E-state index contributed by atoms with van der Waals surface area (Å²) >= 11 is 0. The zero-order valence-electron chi connectivity index (χ0n) is 10.0. The molecule has 96 valence electrons. The van der Waals surface area contributed by atoms with Gasteiger partial charge in [0, 0.05) is 25.6 Å². The van der Waals surface area contributed by atoms with E-state index in [0.717, 1.165) is 32.2 Å². The molecule has 2 amide bonds. The third-order valence-corrected chi connectivity index (χ3v) is 3.65. The Hall–Kier alpha value is -1.10.